The van der Waals surface area contributed by atoms with Crippen molar-refractivity contribution < 1.29 is 36.2 Å². The van der Waals surface area contributed by atoms with Gasteiger partial charge in [0.05, 0.1) is 5.56 Å². The average molecular weight is 332 g/mol. The Kier molecular flexibility index (Phi) is 4.53. The molecule has 0 amide bonds. The Labute approximate surface area is 127 Å². The van der Waals surface area contributed by atoms with Gasteiger partial charge in [-0.2, -0.15) is 22.0 Å². The molecule has 0 saturated heterocycles. The monoisotopic (exact) mass is 332 g/mol. The summed E-state index contributed by atoms with van der Waals surface area (Å²) in [6.07, 6.45) is -11.3. The molecule has 122 valence electrons. The number of carbonyl (C=O) groups excluding carboxylic acids is 1. The molecule has 0 unspecified atom stereocenters. The van der Waals surface area contributed by atoms with Gasteiger partial charge in [-0.05, 0) is 24.3 Å². The van der Waals surface area contributed by atoms with Crippen molar-refractivity contribution in [3.8, 4) is 11.5 Å². The lowest BCUT2D eigenvalue weighted by Crippen LogP contribution is -2.42. The summed E-state index contributed by atoms with van der Waals surface area (Å²) >= 11 is 0. The van der Waals surface area contributed by atoms with E-state index in [1.54, 1.807) is 6.07 Å². The fourth-order valence-electron chi connectivity index (χ4n) is 1.55. The standard InChI is InChI=1S/C15H9F5O3/c16-14(17,18)15(19,20)23-12-9-5-4-8-11(12)22-13(21)10-6-2-1-3-7-10/h1-9H. The van der Waals surface area contributed by atoms with E-state index < -0.39 is 29.8 Å². The number of carbonyl (C=O) groups is 1. The number of ether oxygens (including phenoxy) is 2. The molecule has 3 nitrogen and oxygen atoms in total. The molecule has 0 aliphatic carbocycles. The fraction of sp³-hybridized carbons (Fsp3) is 0.133. The number of hydrogen-bond donors (Lipinski definition) is 0. The number of halogens is 5. The minimum atomic E-state index is -5.90. The van der Waals surface area contributed by atoms with E-state index in [0.29, 0.717) is 0 Å². The van der Waals surface area contributed by atoms with Gasteiger partial charge >= 0.3 is 18.3 Å². The van der Waals surface area contributed by atoms with Crippen LogP contribution in [-0.2, 0) is 0 Å². The molecule has 0 aromatic heterocycles. The SMILES string of the molecule is O=C(Oc1ccccc1OC(F)(F)C(F)(F)F)c1ccccc1. The van der Waals surface area contributed by atoms with E-state index in [4.69, 9.17) is 4.74 Å². The molecule has 8 heteroatoms. The molecular weight excluding hydrogens is 323 g/mol. The predicted molar refractivity (Wildman–Crippen MR) is 69.5 cm³/mol. The molecule has 2 aromatic rings. The maximum atomic E-state index is 13.0. The molecule has 2 aromatic carbocycles. The largest absolute Gasteiger partial charge is 0.499 e. The van der Waals surface area contributed by atoms with Gasteiger partial charge in [0.2, 0.25) is 0 Å². The van der Waals surface area contributed by atoms with Crippen molar-refractivity contribution in [3.05, 3.63) is 60.2 Å². The molecule has 23 heavy (non-hydrogen) atoms. The lowest BCUT2D eigenvalue weighted by Gasteiger charge is -2.21. The predicted octanol–water partition coefficient (Wildman–Crippen LogP) is 4.44. The number of alkyl halides is 5. The van der Waals surface area contributed by atoms with E-state index in [2.05, 4.69) is 4.74 Å². The van der Waals surface area contributed by atoms with E-state index in [-0.39, 0.29) is 5.56 Å². The third-order valence-corrected chi connectivity index (χ3v) is 2.63. The Morgan fingerprint density at radius 2 is 1.30 bits per heavy atom. The van der Waals surface area contributed by atoms with Crippen LogP contribution in [0.3, 0.4) is 0 Å². The zero-order valence-electron chi connectivity index (χ0n) is 11.3. The van der Waals surface area contributed by atoms with Gasteiger partial charge in [0.25, 0.3) is 0 Å². The van der Waals surface area contributed by atoms with Crippen molar-refractivity contribution in [2.75, 3.05) is 0 Å². The highest BCUT2D eigenvalue weighted by molar-refractivity contribution is 5.91. The Morgan fingerprint density at radius 3 is 1.87 bits per heavy atom. The van der Waals surface area contributed by atoms with Crippen molar-refractivity contribution in [2.45, 2.75) is 12.3 Å². The Bertz CT molecular complexity index is 683. The van der Waals surface area contributed by atoms with Gasteiger partial charge in [-0.25, -0.2) is 4.79 Å². The van der Waals surface area contributed by atoms with Crippen LogP contribution >= 0.6 is 0 Å². The zero-order valence-corrected chi connectivity index (χ0v) is 11.3. The number of esters is 1. The van der Waals surface area contributed by atoms with Crippen LogP contribution in [-0.4, -0.2) is 18.3 Å². The quantitative estimate of drug-likeness (QED) is 0.472. The third-order valence-electron chi connectivity index (χ3n) is 2.63. The van der Waals surface area contributed by atoms with Crippen LogP contribution in [0.1, 0.15) is 10.4 Å². The number of para-hydroxylation sites is 2. The molecule has 0 fully saturated rings. The topological polar surface area (TPSA) is 35.5 Å². The minimum absolute atomic E-state index is 0.102. The number of hydrogen-bond acceptors (Lipinski definition) is 3. The first-order valence-corrected chi connectivity index (χ1v) is 6.20. The molecule has 0 heterocycles. The summed E-state index contributed by atoms with van der Waals surface area (Å²) in [5.41, 5.74) is 0.102. The molecule has 0 N–H and O–H groups in total. The second kappa shape index (κ2) is 6.23. The fourth-order valence-corrected chi connectivity index (χ4v) is 1.55. The Morgan fingerprint density at radius 1 is 0.783 bits per heavy atom. The van der Waals surface area contributed by atoms with Crippen LogP contribution < -0.4 is 9.47 Å². The molecule has 0 bridgehead atoms. The Hall–Kier alpha value is -2.64. The van der Waals surface area contributed by atoms with Crippen LogP contribution in [0, 0.1) is 0 Å². The second-order valence-electron chi connectivity index (χ2n) is 4.32. The maximum Gasteiger partial charge on any atom is 0.499 e. The van der Waals surface area contributed by atoms with Gasteiger partial charge in [0.1, 0.15) is 0 Å². The van der Waals surface area contributed by atoms with E-state index in [9.17, 15) is 26.7 Å². The highest BCUT2D eigenvalue weighted by atomic mass is 19.4. The second-order valence-corrected chi connectivity index (χ2v) is 4.32. The summed E-state index contributed by atoms with van der Waals surface area (Å²) in [5, 5.41) is 0. The highest BCUT2D eigenvalue weighted by Crippen LogP contribution is 2.40. The highest BCUT2D eigenvalue weighted by Gasteiger charge is 2.61. The molecule has 0 aliphatic rings. The van der Waals surface area contributed by atoms with Gasteiger partial charge in [-0.3, -0.25) is 0 Å². The lowest BCUT2D eigenvalue weighted by molar-refractivity contribution is -0.360. The van der Waals surface area contributed by atoms with E-state index in [0.717, 1.165) is 12.1 Å². The molecular formula is C15H9F5O3. The van der Waals surface area contributed by atoms with Gasteiger partial charge in [0.15, 0.2) is 11.5 Å². The van der Waals surface area contributed by atoms with Crippen molar-refractivity contribution in [2.24, 2.45) is 0 Å². The number of benzene rings is 2. The molecule has 0 radical (unpaired) electrons. The van der Waals surface area contributed by atoms with Gasteiger partial charge in [-0.15, -0.1) is 0 Å². The van der Waals surface area contributed by atoms with Crippen LogP contribution in [0.5, 0.6) is 11.5 Å². The van der Waals surface area contributed by atoms with Gasteiger partial charge in [0, 0.05) is 0 Å². The summed E-state index contributed by atoms with van der Waals surface area (Å²) in [6.45, 7) is 0. The van der Waals surface area contributed by atoms with Crippen LogP contribution in [0.2, 0.25) is 0 Å². The lowest BCUT2D eigenvalue weighted by atomic mass is 10.2. The zero-order chi connectivity index (χ0) is 17.1. The van der Waals surface area contributed by atoms with Gasteiger partial charge in [-0.1, -0.05) is 30.3 Å². The van der Waals surface area contributed by atoms with E-state index >= 15 is 0 Å². The first kappa shape index (κ1) is 16.7. The molecule has 0 atom stereocenters. The smallest absolute Gasteiger partial charge is 0.422 e. The minimum Gasteiger partial charge on any atom is -0.422 e. The first-order chi connectivity index (χ1) is 10.7. The summed E-state index contributed by atoms with van der Waals surface area (Å²) in [4.78, 5) is 11.8. The van der Waals surface area contributed by atoms with E-state index in [1.807, 2.05) is 0 Å². The van der Waals surface area contributed by atoms with Crippen LogP contribution in [0.25, 0.3) is 0 Å². The van der Waals surface area contributed by atoms with Gasteiger partial charge < -0.3 is 9.47 Å². The average Bonchev–Trinajstić information content (AvgIpc) is 2.48. The summed E-state index contributed by atoms with van der Waals surface area (Å²) in [7, 11) is 0. The number of rotatable bonds is 4. The molecule has 0 saturated carbocycles. The van der Waals surface area contributed by atoms with Crippen LogP contribution in [0.15, 0.2) is 54.6 Å². The third kappa shape index (κ3) is 3.97. The van der Waals surface area contributed by atoms with Crippen LogP contribution in [0.4, 0.5) is 22.0 Å². The van der Waals surface area contributed by atoms with Crippen molar-refractivity contribution in [3.63, 3.8) is 0 Å². The first-order valence-electron chi connectivity index (χ1n) is 6.20. The molecule has 0 aliphatic heterocycles. The summed E-state index contributed by atoms with van der Waals surface area (Å²) < 4.78 is 71.0. The normalized spacial score (nSPS) is 11.9. The summed E-state index contributed by atoms with van der Waals surface area (Å²) in [5.74, 6) is -2.37. The van der Waals surface area contributed by atoms with Crippen molar-refractivity contribution >= 4 is 5.97 Å². The Balaban J connectivity index is 2.23. The van der Waals surface area contributed by atoms with Crippen molar-refractivity contribution in [1.82, 2.24) is 0 Å². The molecule has 0 spiro atoms. The summed E-state index contributed by atoms with van der Waals surface area (Å²) in [6, 6.07) is 11.9. The van der Waals surface area contributed by atoms with Crippen molar-refractivity contribution in [1.29, 1.82) is 0 Å². The maximum absolute atomic E-state index is 13.0. The van der Waals surface area contributed by atoms with E-state index in [1.165, 1.54) is 36.4 Å². The molecule has 2 rings (SSSR count).